The van der Waals surface area contributed by atoms with Crippen LogP contribution in [0.5, 0.6) is 0 Å². The predicted molar refractivity (Wildman–Crippen MR) is 128 cm³/mol. The van der Waals surface area contributed by atoms with Crippen molar-refractivity contribution in [2.75, 3.05) is 5.32 Å². The second-order valence-electron chi connectivity index (χ2n) is 8.31. The number of pyridine rings is 1. The van der Waals surface area contributed by atoms with Gasteiger partial charge in [0.05, 0.1) is 22.9 Å². The standard InChI is InChI=1S/C27H31N3O/c31-27(22-16-12-8-4-5-9-13-17-22)30-24-20-29-23-18-19-28-26(23)25(24)21-14-10-6-2-1-3-7-11-15-21/h1-3,6-7,10-11,14-15,18-20,22,28H,4-5,8-9,12-13,16-17H2,(H,30,31). The summed E-state index contributed by atoms with van der Waals surface area (Å²) in [7, 11) is 0. The molecule has 1 saturated carbocycles. The molecule has 0 radical (unpaired) electrons. The number of carbonyl (C=O) groups excluding carboxylic acids is 1. The van der Waals surface area contributed by atoms with Crippen molar-refractivity contribution in [1.29, 1.82) is 0 Å². The number of hydrogen-bond donors (Lipinski definition) is 2. The van der Waals surface area contributed by atoms with Crippen LogP contribution in [-0.4, -0.2) is 15.9 Å². The average molecular weight is 414 g/mol. The lowest BCUT2D eigenvalue weighted by atomic mass is 9.95. The maximum atomic E-state index is 13.3. The van der Waals surface area contributed by atoms with Gasteiger partial charge in [0.15, 0.2) is 0 Å². The Balaban J connectivity index is 1.71. The summed E-state index contributed by atoms with van der Waals surface area (Å²) in [5.41, 5.74) is 4.59. The molecule has 1 fully saturated rings. The minimum atomic E-state index is 0.0758. The summed E-state index contributed by atoms with van der Waals surface area (Å²) in [5.74, 6) is 0.200. The predicted octanol–water partition coefficient (Wildman–Crippen LogP) is 7.04. The van der Waals surface area contributed by atoms with Crippen LogP contribution in [-0.2, 0) is 4.79 Å². The molecule has 2 heterocycles. The van der Waals surface area contributed by atoms with Gasteiger partial charge >= 0.3 is 0 Å². The van der Waals surface area contributed by atoms with Gasteiger partial charge in [0, 0.05) is 17.7 Å². The summed E-state index contributed by atoms with van der Waals surface area (Å²) in [6.07, 6.45) is 13.0. The van der Waals surface area contributed by atoms with E-state index in [0.29, 0.717) is 0 Å². The Hall–Kier alpha value is -3.14. The minimum Gasteiger partial charge on any atom is -0.359 e. The van der Waals surface area contributed by atoms with Crippen molar-refractivity contribution in [3.63, 3.8) is 0 Å². The number of aromatic amines is 1. The minimum absolute atomic E-state index is 0.0758. The lowest BCUT2D eigenvalue weighted by Gasteiger charge is -2.18. The van der Waals surface area contributed by atoms with Gasteiger partial charge in [-0.3, -0.25) is 9.78 Å². The maximum absolute atomic E-state index is 13.3. The number of rotatable bonds is 3. The smallest absolute Gasteiger partial charge is 0.227 e. The molecule has 1 amide bonds. The fourth-order valence-electron chi connectivity index (χ4n) is 4.39. The van der Waals surface area contributed by atoms with E-state index < -0.39 is 0 Å². The number of nitrogens with one attached hydrogen (secondary N) is 2. The van der Waals surface area contributed by atoms with Gasteiger partial charge in [0.25, 0.3) is 0 Å². The number of hydrogen-bond acceptors (Lipinski definition) is 2. The molecule has 4 rings (SSSR count). The highest BCUT2D eigenvalue weighted by molar-refractivity contribution is 6.04. The lowest BCUT2D eigenvalue weighted by Crippen LogP contribution is -2.23. The average Bonchev–Trinajstić information content (AvgIpc) is 3.30. The van der Waals surface area contributed by atoms with Crippen molar-refractivity contribution in [3.05, 3.63) is 73.1 Å². The van der Waals surface area contributed by atoms with Crippen LogP contribution in [0.4, 0.5) is 5.69 Å². The molecule has 0 unspecified atom stereocenters. The highest BCUT2D eigenvalue weighted by Gasteiger charge is 2.21. The second kappa shape index (κ2) is 10.8. The molecule has 2 aromatic heterocycles. The van der Waals surface area contributed by atoms with Crippen LogP contribution in [0, 0.1) is 5.92 Å². The van der Waals surface area contributed by atoms with Crippen LogP contribution < -0.4 is 5.32 Å². The van der Waals surface area contributed by atoms with Gasteiger partial charge in [0.1, 0.15) is 0 Å². The van der Waals surface area contributed by atoms with Gasteiger partial charge in [0.2, 0.25) is 5.91 Å². The Kier molecular flexibility index (Phi) is 7.32. The van der Waals surface area contributed by atoms with Crippen LogP contribution in [0.2, 0.25) is 0 Å². The molecule has 0 bridgehead atoms. The van der Waals surface area contributed by atoms with Crippen molar-refractivity contribution in [2.24, 2.45) is 5.92 Å². The topological polar surface area (TPSA) is 57.8 Å². The van der Waals surface area contributed by atoms with Crippen molar-refractivity contribution in [2.45, 2.75) is 51.4 Å². The fourth-order valence-corrected chi connectivity index (χ4v) is 4.39. The van der Waals surface area contributed by atoms with Crippen LogP contribution in [0.1, 0.15) is 51.4 Å². The first-order chi connectivity index (χ1) is 15.3. The van der Waals surface area contributed by atoms with Gasteiger partial charge in [-0.15, -0.1) is 0 Å². The monoisotopic (exact) mass is 413 g/mol. The van der Waals surface area contributed by atoms with E-state index in [1.165, 1.54) is 25.7 Å². The molecule has 0 saturated heterocycles. The SMILES string of the molecule is O=C(Nc1cnc2cc[nH]c2c1-c1ccccccccc1)C1CCCCCCCC1. The molecule has 31 heavy (non-hydrogen) atoms. The second-order valence-corrected chi connectivity index (χ2v) is 8.31. The molecule has 4 heteroatoms. The summed E-state index contributed by atoms with van der Waals surface area (Å²) >= 11 is 0. The molecule has 0 aliphatic heterocycles. The molecular weight excluding hydrogens is 382 g/mol. The zero-order valence-corrected chi connectivity index (χ0v) is 18.0. The highest BCUT2D eigenvalue weighted by atomic mass is 16.1. The van der Waals surface area contributed by atoms with Crippen molar-refractivity contribution in [1.82, 2.24) is 9.97 Å². The molecule has 0 spiro atoms. The van der Waals surface area contributed by atoms with Crippen LogP contribution in [0.25, 0.3) is 22.2 Å². The maximum Gasteiger partial charge on any atom is 0.227 e. The Morgan fingerprint density at radius 3 is 2.13 bits per heavy atom. The number of H-pyrrole nitrogens is 1. The van der Waals surface area contributed by atoms with Gasteiger partial charge < -0.3 is 10.3 Å². The number of amides is 1. The third-order valence-corrected chi connectivity index (χ3v) is 6.07. The molecule has 1 aliphatic carbocycles. The Labute approximate surface area is 184 Å². The lowest BCUT2D eigenvalue weighted by molar-refractivity contribution is -0.120. The largest absolute Gasteiger partial charge is 0.359 e. The molecule has 2 N–H and O–H groups in total. The number of carbonyl (C=O) groups is 1. The van der Waals surface area contributed by atoms with Crippen molar-refractivity contribution < 1.29 is 4.79 Å². The van der Waals surface area contributed by atoms with Crippen LogP contribution in [0.3, 0.4) is 0 Å². The molecule has 1 aromatic carbocycles. The summed E-state index contributed by atoms with van der Waals surface area (Å²) in [6, 6.07) is 20.2. The van der Waals surface area contributed by atoms with E-state index in [1.807, 2.05) is 54.7 Å². The molecular formula is C27H31N3O. The summed E-state index contributed by atoms with van der Waals surface area (Å²) in [6.45, 7) is 0. The Bertz CT molecular complexity index is 1040. The normalized spacial score (nSPS) is 15.4. The van der Waals surface area contributed by atoms with Gasteiger partial charge in [-0.05, 0) is 24.5 Å². The van der Waals surface area contributed by atoms with E-state index in [0.717, 1.165) is 53.5 Å². The highest BCUT2D eigenvalue weighted by Crippen LogP contribution is 2.34. The van der Waals surface area contributed by atoms with E-state index in [2.05, 4.69) is 27.4 Å². The van der Waals surface area contributed by atoms with Gasteiger partial charge in [-0.1, -0.05) is 93.1 Å². The molecule has 160 valence electrons. The first kappa shape index (κ1) is 21.1. The van der Waals surface area contributed by atoms with Crippen LogP contribution >= 0.6 is 0 Å². The summed E-state index contributed by atoms with van der Waals surface area (Å²) in [4.78, 5) is 21.2. The summed E-state index contributed by atoms with van der Waals surface area (Å²) in [5, 5.41) is 3.24. The molecule has 4 nitrogen and oxygen atoms in total. The number of nitrogens with zero attached hydrogens (tertiary/aromatic N) is 1. The third kappa shape index (κ3) is 5.52. The number of aromatic nitrogens is 2. The van der Waals surface area contributed by atoms with Crippen LogP contribution in [0.15, 0.2) is 73.1 Å². The van der Waals surface area contributed by atoms with Crippen molar-refractivity contribution >= 4 is 22.6 Å². The first-order valence-electron chi connectivity index (χ1n) is 11.5. The van der Waals surface area contributed by atoms with E-state index >= 15 is 0 Å². The summed E-state index contributed by atoms with van der Waals surface area (Å²) < 4.78 is 0. The third-order valence-electron chi connectivity index (χ3n) is 6.07. The fraction of sp³-hybridized carbons (Fsp3) is 0.333. The Morgan fingerprint density at radius 2 is 1.45 bits per heavy atom. The number of anilines is 1. The van der Waals surface area contributed by atoms with Crippen molar-refractivity contribution in [3.8, 4) is 11.1 Å². The zero-order valence-electron chi connectivity index (χ0n) is 18.0. The molecule has 1 aliphatic rings. The van der Waals surface area contributed by atoms with Gasteiger partial charge in [-0.25, -0.2) is 0 Å². The number of fused-ring (bicyclic) bond motifs is 1. The zero-order chi connectivity index (χ0) is 21.3. The van der Waals surface area contributed by atoms with E-state index in [-0.39, 0.29) is 11.8 Å². The van der Waals surface area contributed by atoms with Gasteiger partial charge in [-0.2, -0.15) is 0 Å². The first-order valence-corrected chi connectivity index (χ1v) is 11.5. The molecule has 0 atom stereocenters. The quantitative estimate of drug-likeness (QED) is 0.483. The Morgan fingerprint density at radius 1 is 0.839 bits per heavy atom. The van der Waals surface area contributed by atoms with E-state index in [9.17, 15) is 4.79 Å². The molecule has 3 aromatic rings. The van der Waals surface area contributed by atoms with E-state index in [4.69, 9.17) is 0 Å². The van der Waals surface area contributed by atoms with E-state index in [1.54, 1.807) is 6.20 Å².